The summed E-state index contributed by atoms with van der Waals surface area (Å²) < 4.78 is 10.7. The average molecular weight is 334 g/mol. The predicted molar refractivity (Wildman–Crippen MR) is 92.4 cm³/mol. The van der Waals surface area contributed by atoms with Crippen molar-refractivity contribution in [1.82, 2.24) is 10.3 Å². The van der Waals surface area contributed by atoms with Gasteiger partial charge in [-0.2, -0.15) is 0 Å². The lowest BCUT2D eigenvalue weighted by atomic mass is 10.1. The first-order valence-electron chi connectivity index (χ1n) is 7.77. The van der Waals surface area contributed by atoms with E-state index in [1.807, 2.05) is 24.3 Å². The second-order valence-electron chi connectivity index (χ2n) is 5.70. The fourth-order valence-corrected chi connectivity index (χ4v) is 2.69. The van der Waals surface area contributed by atoms with Crippen LogP contribution in [0.25, 0.3) is 22.1 Å². The zero-order valence-corrected chi connectivity index (χ0v) is 13.4. The zero-order valence-electron chi connectivity index (χ0n) is 13.4. The summed E-state index contributed by atoms with van der Waals surface area (Å²) >= 11 is 0. The van der Waals surface area contributed by atoms with Crippen LogP contribution >= 0.6 is 0 Å². The third-order valence-corrected chi connectivity index (χ3v) is 3.90. The van der Waals surface area contributed by atoms with Crippen molar-refractivity contribution >= 4 is 28.0 Å². The van der Waals surface area contributed by atoms with Crippen LogP contribution in [0.5, 0.6) is 0 Å². The van der Waals surface area contributed by atoms with Crippen molar-refractivity contribution in [3.63, 3.8) is 0 Å². The Morgan fingerprint density at radius 3 is 2.80 bits per heavy atom. The number of oxazole rings is 1. The molecule has 2 aromatic heterocycles. The van der Waals surface area contributed by atoms with E-state index in [2.05, 4.69) is 10.3 Å². The molecular weight excluding hydrogens is 320 g/mol. The Hall–Kier alpha value is -3.41. The second kappa shape index (κ2) is 5.90. The van der Waals surface area contributed by atoms with Crippen LogP contribution in [0.3, 0.4) is 0 Å². The van der Waals surface area contributed by atoms with Crippen molar-refractivity contribution in [2.45, 2.75) is 13.5 Å². The Balaban J connectivity index is 1.56. The number of fused-ring (bicyclic) bond motifs is 2. The molecule has 0 aliphatic rings. The maximum absolute atomic E-state index is 12.3. The summed E-state index contributed by atoms with van der Waals surface area (Å²) in [4.78, 5) is 28.6. The van der Waals surface area contributed by atoms with Crippen LogP contribution in [-0.2, 0) is 6.54 Å². The van der Waals surface area contributed by atoms with Crippen LogP contribution in [0.1, 0.15) is 21.8 Å². The molecule has 0 aliphatic heterocycles. The number of amides is 1. The van der Waals surface area contributed by atoms with Crippen molar-refractivity contribution in [3.05, 3.63) is 76.0 Å². The van der Waals surface area contributed by atoms with Crippen LogP contribution in [0.2, 0.25) is 0 Å². The normalized spacial score (nSPS) is 11.1. The van der Waals surface area contributed by atoms with E-state index in [9.17, 15) is 9.59 Å². The molecule has 124 valence electrons. The van der Waals surface area contributed by atoms with Crippen LogP contribution < -0.4 is 10.9 Å². The molecule has 4 aromatic rings. The first-order valence-corrected chi connectivity index (χ1v) is 7.77. The maximum atomic E-state index is 12.3. The van der Waals surface area contributed by atoms with E-state index >= 15 is 0 Å². The monoisotopic (exact) mass is 334 g/mol. The van der Waals surface area contributed by atoms with Gasteiger partial charge in [-0.3, -0.25) is 4.79 Å². The van der Waals surface area contributed by atoms with Gasteiger partial charge in [0.1, 0.15) is 16.7 Å². The SMILES string of the molecule is Cc1nc2ccc(CNC(=O)c3cc4ccccc4oc3=O)cc2o1. The first-order chi connectivity index (χ1) is 12.1. The summed E-state index contributed by atoms with van der Waals surface area (Å²) in [5, 5.41) is 3.43. The Morgan fingerprint density at radius 1 is 1.08 bits per heavy atom. The Labute approximate surface area is 142 Å². The minimum Gasteiger partial charge on any atom is -0.441 e. The smallest absolute Gasteiger partial charge is 0.349 e. The van der Waals surface area contributed by atoms with Crippen LogP contribution in [0, 0.1) is 6.92 Å². The van der Waals surface area contributed by atoms with E-state index in [1.165, 1.54) is 0 Å². The minimum absolute atomic E-state index is 0.0183. The van der Waals surface area contributed by atoms with Crippen molar-refractivity contribution < 1.29 is 13.6 Å². The highest BCUT2D eigenvalue weighted by Gasteiger charge is 2.13. The number of nitrogens with zero attached hydrogens (tertiary/aromatic N) is 1. The number of para-hydroxylation sites is 1. The Bertz CT molecular complexity index is 1160. The van der Waals surface area contributed by atoms with Crippen LogP contribution in [-0.4, -0.2) is 10.9 Å². The highest BCUT2D eigenvalue weighted by molar-refractivity contribution is 5.96. The number of benzene rings is 2. The van der Waals surface area contributed by atoms with Crippen LogP contribution in [0.15, 0.2) is 62.2 Å². The predicted octanol–water partition coefficient (Wildman–Crippen LogP) is 3.17. The molecule has 6 heteroatoms. The molecule has 0 atom stereocenters. The lowest BCUT2D eigenvalue weighted by Gasteiger charge is -2.05. The molecule has 0 bridgehead atoms. The highest BCUT2D eigenvalue weighted by atomic mass is 16.4. The van der Waals surface area contributed by atoms with E-state index in [4.69, 9.17) is 8.83 Å². The summed E-state index contributed by atoms with van der Waals surface area (Å²) in [6.45, 7) is 2.04. The average Bonchev–Trinajstić information content (AvgIpc) is 2.98. The third kappa shape index (κ3) is 2.89. The molecule has 1 amide bonds. The second-order valence-corrected chi connectivity index (χ2v) is 5.70. The van der Waals surface area contributed by atoms with Crippen molar-refractivity contribution in [1.29, 1.82) is 0 Å². The number of carbonyl (C=O) groups is 1. The molecule has 2 aromatic carbocycles. The van der Waals surface area contributed by atoms with Gasteiger partial charge in [0, 0.05) is 18.9 Å². The molecule has 0 saturated carbocycles. The molecule has 25 heavy (non-hydrogen) atoms. The van der Waals surface area contributed by atoms with Crippen molar-refractivity contribution in [2.24, 2.45) is 0 Å². The molecule has 0 radical (unpaired) electrons. The molecule has 0 unspecified atom stereocenters. The number of rotatable bonds is 3. The van der Waals surface area contributed by atoms with Gasteiger partial charge in [-0.1, -0.05) is 24.3 Å². The number of aryl methyl sites for hydroxylation is 1. The van der Waals surface area contributed by atoms with Gasteiger partial charge in [0.2, 0.25) is 0 Å². The fraction of sp³-hybridized carbons (Fsp3) is 0.105. The van der Waals surface area contributed by atoms with Gasteiger partial charge in [-0.15, -0.1) is 0 Å². The first kappa shape index (κ1) is 15.1. The molecular formula is C19H14N2O4. The standard InChI is InChI=1S/C19H14N2O4/c1-11-21-15-7-6-12(8-17(15)24-11)10-20-18(22)14-9-13-4-2-3-5-16(13)25-19(14)23/h2-9H,10H2,1H3,(H,20,22). The van der Waals surface area contributed by atoms with Gasteiger partial charge >= 0.3 is 5.63 Å². The molecule has 4 rings (SSSR count). The molecule has 0 spiro atoms. The third-order valence-electron chi connectivity index (χ3n) is 3.90. The van der Waals surface area contributed by atoms with E-state index in [0.717, 1.165) is 11.1 Å². The summed E-state index contributed by atoms with van der Waals surface area (Å²) in [6, 6.07) is 14.1. The summed E-state index contributed by atoms with van der Waals surface area (Å²) in [7, 11) is 0. The van der Waals surface area contributed by atoms with E-state index in [-0.39, 0.29) is 12.1 Å². The summed E-state index contributed by atoms with van der Waals surface area (Å²) in [6.07, 6.45) is 0. The Morgan fingerprint density at radius 2 is 1.92 bits per heavy atom. The molecule has 0 aliphatic carbocycles. The van der Waals surface area contributed by atoms with Crippen molar-refractivity contribution in [2.75, 3.05) is 0 Å². The van der Waals surface area contributed by atoms with Gasteiger partial charge in [0.25, 0.3) is 5.91 Å². The number of aromatic nitrogens is 1. The van der Waals surface area contributed by atoms with E-state index in [0.29, 0.717) is 22.4 Å². The minimum atomic E-state index is -0.655. The van der Waals surface area contributed by atoms with Crippen LogP contribution in [0.4, 0.5) is 0 Å². The molecule has 0 saturated heterocycles. The van der Waals surface area contributed by atoms with Gasteiger partial charge in [-0.25, -0.2) is 9.78 Å². The highest BCUT2D eigenvalue weighted by Crippen LogP contribution is 2.17. The molecule has 6 nitrogen and oxygen atoms in total. The number of nitrogens with one attached hydrogen (secondary N) is 1. The van der Waals surface area contributed by atoms with Crippen molar-refractivity contribution in [3.8, 4) is 0 Å². The topological polar surface area (TPSA) is 85.3 Å². The molecule has 2 heterocycles. The van der Waals surface area contributed by atoms with Gasteiger partial charge in [0.05, 0.1) is 0 Å². The quantitative estimate of drug-likeness (QED) is 0.582. The maximum Gasteiger partial charge on any atom is 0.349 e. The number of hydrogen-bond acceptors (Lipinski definition) is 5. The largest absolute Gasteiger partial charge is 0.441 e. The lowest BCUT2D eigenvalue weighted by molar-refractivity contribution is 0.0947. The lowest BCUT2D eigenvalue weighted by Crippen LogP contribution is -2.27. The molecule has 0 fully saturated rings. The van der Waals surface area contributed by atoms with Gasteiger partial charge in [0.15, 0.2) is 11.5 Å². The zero-order chi connectivity index (χ0) is 17.4. The number of hydrogen-bond donors (Lipinski definition) is 1. The summed E-state index contributed by atoms with van der Waals surface area (Å²) in [5.41, 5.74) is 2.06. The number of carbonyl (C=O) groups excluding carboxylic acids is 1. The van der Waals surface area contributed by atoms with E-state index < -0.39 is 11.5 Å². The van der Waals surface area contributed by atoms with Gasteiger partial charge in [-0.05, 0) is 29.8 Å². The molecule has 1 N–H and O–H groups in total. The van der Waals surface area contributed by atoms with Gasteiger partial charge < -0.3 is 14.2 Å². The summed E-state index contributed by atoms with van der Waals surface area (Å²) in [5.74, 6) is 0.110. The van der Waals surface area contributed by atoms with E-state index in [1.54, 1.807) is 31.2 Å². The fourth-order valence-electron chi connectivity index (χ4n) is 2.69. The Kier molecular flexibility index (Phi) is 3.57.